The van der Waals surface area contributed by atoms with Crippen molar-refractivity contribution >= 4 is 82.9 Å². The summed E-state index contributed by atoms with van der Waals surface area (Å²) >= 11 is 0. The fraction of sp³-hybridized carbons (Fsp3) is 0.708. The number of nitrogens with two attached hydrogens (primary N) is 3. The number of rotatable bonds is 40. The summed E-state index contributed by atoms with van der Waals surface area (Å²) in [7, 11) is 0. The third-order valence-electron chi connectivity index (χ3n) is 12.1. The van der Waals surface area contributed by atoms with Crippen LogP contribution >= 0.6 is 0 Å². The van der Waals surface area contributed by atoms with Gasteiger partial charge in [-0.1, -0.05) is 48.0 Å². The lowest BCUT2D eigenvalue weighted by molar-refractivity contribution is -0.144. The summed E-state index contributed by atoms with van der Waals surface area (Å²) in [5.74, 6) is -17.0. The van der Waals surface area contributed by atoms with Crippen LogP contribution < -0.4 is 70.4 Å². The number of nitrogens with one attached hydrogen (secondary N) is 10. The fourth-order valence-electron chi connectivity index (χ4n) is 7.18. The SMILES string of the molecule is CC[C@H](C)[C@H](N)C(=O)N[C@@H](CCC(=O)O)C(=O)N[C@H](C(=O)N[C@@H](CO)C(=O)N[C@@H](CCC(N)=O)C(=O)N[C@@H](CC(C)C)C(=O)N[C@@H](CCCCN)C(=O)NCC(=O)N[C@@H](CC(=O)O)C(=O)N[C@@H](C)C(=O)N[C@@H](CO)C(=O)O)C(C)C. The largest absolute Gasteiger partial charge is 0.481 e. The Balaban J connectivity index is 6.42. The summed E-state index contributed by atoms with van der Waals surface area (Å²) in [6, 6.07) is -15.4. The van der Waals surface area contributed by atoms with Crippen molar-refractivity contribution in [3.63, 3.8) is 0 Å². The average Bonchev–Trinajstić information content (AvgIpc) is 3.37. The van der Waals surface area contributed by atoms with Crippen LogP contribution in [0.4, 0.5) is 0 Å². The molecule has 0 spiro atoms. The minimum Gasteiger partial charge on any atom is -0.481 e. The van der Waals surface area contributed by atoms with E-state index in [1.54, 1.807) is 27.7 Å². The normalized spacial score (nSPS) is 15.2. The lowest BCUT2D eigenvalue weighted by atomic mass is 9.98. The molecule has 0 aliphatic rings. The Morgan fingerprint density at radius 3 is 1.45 bits per heavy atom. The molecular weight excluding hydrogens is 1060 g/mol. The molecule has 0 rings (SSSR count). The third-order valence-corrected chi connectivity index (χ3v) is 12.1. The van der Waals surface area contributed by atoms with Gasteiger partial charge in [0, 0.05) is 12.8 Å². The number of aliphatic hydroxyl groups is 2. The summed E-state index contributed by atoms with van der Waals surface area (Å²) in [6.07, 6.45) is -2.00. The van der Waals surface area contributed by atoms with Crippen LogP contribution in [0.1, 0.15) is 113 Å². The second-order valence-corrected chi connectivity index (χ2v) is 19.7. The van der Waals surface area contributed by atoms with Crippen molar-refractivity contribution in [3.05, 3.63) is 0 Å². The minimum absolute atomic E-state index is 0.0797. The molecule has 0 fully saturated rings. The summed E-state index contributed by atoms with van der Waals surface area (Å²) in [5.41, 5.74) is 17.0. The zero-order chi connectivity index (χ0) is 61.6. The summed E-state index contributed by atoms with van der Waals surface area (Å²) in [4.78, 5) is 180. The molecule has 454 valence electrons. The van der Waals surface area contributed by atoms with Crippen LogP contribution in [0.5, 0.6) is 0 Å². The lowest BCUT2D eigenvalue weighted by Crippen LogP contribution is -2.61. The highest BCUT2D eigenvalue weighted by Gasteiger charge is 2.36. The van der Waals surface area contributed by atoms with Crippen LogP contribution in [0, 0.1) is 17.8 Å². The first-order valence-electron chi connectivity index (χ1n) is 26.0. The molecule has 0 aliphatic carbocycles. The van der Waals surface area contributed by atoms with Crippen molar-refractivity contribution in [2.45, 2.75) is 173 Å². The van der Waals surface area contributed by atoms with Gasteiger partial charge in [0.05, 0.1) is 32.2 Å². The fourth-order valence-corrected chi connectivity index (χ4v) is 7.18. The van der Waals surface area contributed by atoms with E-state index >= 15 is 0 Å². The van der Waals surface area contributed by atoms with E-state index in [0.29, 0.717) is 12.8 Å². The number of carbonyl (C=O) groups excluding carboxylic acids is 11. The van der Waals surface area contributed by atoms with Crippen molar-refractivity contribution in [3.8, 4) is 0 Å². The predicted molar refractivity (Wildman–Crippen MR) is 280 cm³/mol. The zero-order valence-electron chi connectivity index (χ0n) is 46.1. The molecule has 21 N–H and O–H groups in total. The van der Waals surface area contributed by atoms with Gasteiger partial charge >= 0.3 is 17.9 Å². The first kappa shape index (κ1) is 72.4. The topological polar surface area (TPSA) is 538 Å². The number of aliphatic carboxylic acids is 3. The number of carboxylic acid groups (broad SMARTS) is 3. The van der Waals surface area contributed by atoms with Gasteiger partial charge in [0.1, 0.15) is 54.4 Å². The number of unbranched alkanes of at least 4 members (excludes halogenated alkanes) is 1. The molecule has 0 aromatic rings. The first-order valence-corrected chi connectivity index (χ1v) is 26.0. The lowest BCUT2D eigenvalue weighted by Gasteiger charge is -2.28. The Hall–Kier alpha value is -7.58. The number of hydrogen-bond donors (Lipinski definition) is 18. The standard InChI is InChI=1S/C48H83N13O19/c1-8-24(6)37(51)46(77)57-28(13-15-35(66)67)42(73)61-38(23(4)5)47(78)59-31(20-62)45(76)56-27(12-14-33(50)64)41(72)58-29(17-22(2)3)44(75)55-26(11-9-10-16-49)40(71)52-19-34(65)54-30(18-36(68)69)43(74)53-25(7)39(70)60-32(21-63)48(79)80/h22-32,37-38,62-63H,8-21,49,51H2,1-7H3,(H2,50,64)(H,52,71)(H,53,74)(H,54,65)(H,55,75)(H,56,76)(H,57,77)(H,58,72)(H,59,78)(H,60,70)(H,61,73)(H,66,67)(H,68,69)(H,79,80)/t24-,25-,26-,27-,28-,29-,30-,31-,32-,37-,38-/m0/s1. The smallest absolute Gasteiger partial charge is 0.328 e. The maximum atomic E-state index is 14.0. The monoisotopic (exact) mass is 1150 g/mol. The molecule has 0 aliphatic heterocycles. The molecule has 0 aromatic heterocycles. The highest BCUT2D eigenvalue weighted by atomic mass is 16.4. The van der Waals surface area contributed by atoms with E-state index in [2.05, 4.69) is 47.9 Å². The maximum absolute atomic E-state index is 14.0. The van der Waals surface area contributed by atoms with Gasteiger partial charge < -0.3 is 95.9 Å². The molecule has 32 heteroatoms. The average molecular weight is 1150 g/mol. The Labute approximate surface area is 462 Å². The molecular formula is C48H83N13O19. The number of hydrogen-bond acceptors (Lipinski definition) is 18. The second kappa shape index (κ2) is 37.3. The van der Waals surface area contributed by atoms with Crippen molar-refractivity contribution in [2.24, 2.45) is 35.0 Å². The van der Waals surface area contributed by atoms with E-state index in [-0.39, 0.29) is 44.1 Å². The highest BCUT2D eigenvalue weighted by Crippen LogP contribution is 2.12. The van der Waals surface area contributed by atoms with Crippen LogP contribution in [-0.2, 0) is 67.1 Å². The number of carboxylic acids is 3. The van der Waals surface area contributed by atoms with Gasteiger partial charge in [-0.3, -0.25) is 62.3 Å². The zero-order valence-corrected chi connectivity index (χ0v) is 46.1. The molecule has 11 amide bonds. The van der Waals surface area contributed by atoms with E-state index < -0.39 is 195 Å². The summed E-state index contributed by atoms with van der Waals surface area (Å²) < 4.78 is 0. The van der Waals surface area contributed by atoms with Crippen molar-refractivity contribution in [2.75, 3.05) is 26.3 Å². The third kappa shape index (κ3) is 27.8. The first-order chi connectivity index (χ1) is 37.3. The van der Waals surface area contributed by atoms with Crippen LogP contribution in [0.15, 0.2) is 0 Å². The van der Waals surface area contributed by atoms with Crippen molar-refractivity contribution in [1.29, 1.82) is 0 Å². The van der Waals surface area contributed by atoms with Gasteiger partial charge in [-0.25, -0.2) is 4.79 Å². The highest BCUT2D eigenvalue weighted by molar-refractivity contribution is 5.99. The molecule has 80 heavy (non-hydrogen) atoms. The van der Waals surface area contributed by atoms with Crippen LogP contribution in [0.25, 0.3) is 0 Å². The summed E-state index contributed by atoms with van der Waals surface area (Å²) in [5, 5.41) is 70.1. The second-order valence-electron chi connectivity index (χ2n) is 19.7. The van der Waals surface area contributed by atoms with E-state index in [1.165, 1.54) is 13.8 Å². The van der Waals surface area contributed by atoms with E-state index in [9.17, 15) is 87.5 Å². The number of primary amides is 1. The maximum Gasteiger partial charge on any atom is 0.328 e. The van der Waals surface area contributed by atoms with Gasteiger partial charge in [-0.15, -0.1) is 0 Å². The van der Waals surface area contributed by atoms with Gasteiger partial charge in [0.2, 0.25) is 65.0 Å². The molecule has 0 saturated carbocycles. The number of aliphatic hydroxyl groups excluding tert-OH is 2. The van der Waals surface area contributed by atoms with Gasteiger partial charge in [0.25, 0.3) is 0 Å². The molecule has 0 radical (unpaired) electrons. The van der Waals surface area contributed by atoms with Crippen LogP contribution in [0.3, 0.4) is 0 Å². The molecule has 0 aromatic carbocycles. The Morgan fingerprint density at radius 2 is 0.963 bits per heavy atom. The van der Waals surface area contributed by atoms with Crippen LogP contribution in [-0.4, -0.2) is 195 Å². The molecule has 32 nitrogen and oxygen atoms in total. The van der Waals surface area contributed by atoms with E-state index in [4.69, 9.17) is 22.3 Å². The summed E-state index contributed by atoms with van der Waals surface area (Å²) in [6.45, 7) is 8.18. The Bertz CT molecular complexity index is 2170. The van der Waals surface area contributed by atoms with Crippen molar-refractivity contribution in [1.82, 2.24) is 53.2 Å². The van der Waals surface area contributed by atoms with E-state index in [0.717, 1.165) is 6.92 Å². The molecule has 11 atom stereocenters. The molecule has 0 saturated heterocycles. The minimum atomic E-state index is -1.83. The Kier molecular flexibility index (Phi) is 33.8. The van der Waals surface area contributed by atoms with E-state index in [1.807, 2.05) is 5.32 Å². The molecule has 0 heterocycles. The Morgan fingerprint density at radius 1 is 0.487 bits per heavy atom. The van der Waals surface area contributed by atoms with Gasteiger partial charge in [-0.2, -0.15) is 0 Å². The van der Waals surface area contributed by atoms with Crippen LogP contribution in [0.2, 0.25) is 0 Å². The number of carbonyl (C=O) groups is 14. The quantitative estimate of drug-likeness (QED) is 0.0254. The molecule has 0 unspecified atom stereocenters. The van der Waals surface area contributed by atoms with Crippen molar-refractivity contribution < 1.29 is 92.7 Å². The van der Waals surface area contributed by atoms with Gasteiger partial charge in [-0.05, 0) is 69.7 Å². The predicted octanol–water partition coefficient (Wildman–Crippen LogP) is -6.64. The van der Waals surface area contributed by atoms with Gasteiger partial charge in [0.15, 0.2) is 0 Å². The molecule has 0 bridgehead atoms. The number of amides is 11.